The van der Waals surface area contributed by atoms with Crippen LogP contribution in [0.25, 0.3) is 0 Å². The molecule has 10 heavy (non-hydrogen) atoms. The molecule has 0 unspecified atom stereocenters. The zero-order chi connectivity index (χ0) is 6.97. The van der Waals surface area contributed by atoms with E-state index in [4.69, 9.17) is 0 Å². The Balaban J connectivity index is 2.70. The monoisotopic (exact) mass is 154 g/mol. The maximum atomic E-state index is 10.9. The van der Waals surface area contributed by atoms with Gasteiger partial charge >= 0.3 is 0 Å². The Morgan fingerprint density at radius 2 is 2.80 bits per heavy atom. The molecule has 0 fully saturated rings. The van der Waals surface area contributed by atoms with Crippen molar-refractivity contribution in [2.75, 3.05) is 11.3 Å². The van der Waals surface area contributed by atoms with E-state index < -0.39 is 0 Å². The van der Waals surface area contributed by atoms with Crippen molar-refractivity contribution in [2.24, 2.45) is 0 Å². The van der Waals surface area contributed by atoms with E-state index in [-0.39, 0.29) is 5.56 Å². The maximum Gasteiger partial charge on any atom is 0.280 e. The van der Waals surface area contributed by atoms with Crippen LogP contribution in [0, 0.1) is 6.07 Å². The van der Waals surface area contributed by atoms with Gasteiger partial charge < -0.3 is 5.43 Å². The average molecular weight is 154 g/mol. The molecule has 0 saturated heterocycles. The standard InChI is InChI=1S/C5H4N3OS/c9-4-1-2-6-5-8(4)7-3-10-5/h2,7H,3H2. The van der Waals surface area contributed by atoms with E-state index in [9.17, 15) is 4.79 Å². The molecule has 1 aliphatic rings. The fraction of sp³-hybridized carbons (Fsp3) is 0.200. The number of aromatic nitrogens is 2. The van der Waals surface area contributed by atoms with Crippen LogP contribution in [-0.2, 0) is 0 Å². The molecule has 1 aromatic heterocycles. The first-order valence-corrected chi connectivity index (χ1v) is 3.73. The van der Waals surface area contributed by atoms with Gasteiger partial charge in [0.2, 0.25) is 0 Å². The highest BCUT2D eigenvalue weighted by atomic mass is 32.2. The van der Waals surface area contributed by atoms with Crippen molar-refractivity contribution in [1.82, 2.24) is 9.66 Å². The maximum absolute atomic E-state index is 10.9. The smallest absolute Gasteiger partial charge is 0.280 e. The Bertz CT molecular complexity index is 308. The molecular weight excluding hydrogens is 150 g/mol. The lowest BCUT2D eigenvalue weighted by Crippen LogP contribution is -2.25. The summed E-state index contributed by atoms with van der Waals surface area (Å²) < 4.78 is 1.39. The fourth-order valence-electron chi connectivity index (χ4n) is 0.754. The topological polar surface area (TPSA) is 46.9 Å². The molecule has 2 rings (SSSR count). The van der Waals surface area contributed by atoms with Gasteiger partial charge in [-0.25, -0.2) is 4.98 Å². The molecule has 5 heteroatoms. The predicted octanol–water partition coefficient (Wildman–Crippen LogP) is -0.350. The van der Waals surface area contributed by atoms with Crippen LogP contribution in [0.3, 0.4) is 0 Å². The van der Waals surface area contributed by atoms with Crippen LogP contribution >= 0.6 is 11.8 Å². The summed E-state index contributed by atoms with van der Waals surface area (Å²) in [7, 11) is 0. The zero-order valence-corrected chi connectivity index (χ0v) is 5.81. The largest absolute Gasteiger partial charge is 0.310 e. The first-order valence-electron chi connectivity index (χ1n) is 2.74. The van der Waals surface area contributed by atoms with Gasteiger partial charge in [0.05, 0.1) is 11.9 Å². The van der Waals surface area contributed by atoms with E-state index in [2.05, 4.69) is 16.5 Å². The van der Waals surface area contributed by atoms with E-state index >= 15 is 0 Å². The second-order valence-electron chi connectivity index (χ2n) is 1.77. The van der Waals surface area contributed by atoms with E-state index in [1.807, 2.05) is 0 Å². The summed E-state index contributed by atoms with van der Waals surface area (Å²) >= 11 is 1.50. The fourth-order valence-corrected chi connectivity index (χ4v) is 1.48. The minimum Gasteiger partial charge on any atom is -0.310 e. The molecule has 0 amide bonds. The minimum atomic E-state index is -0.171. The highest BCUT2D eigenvalue weighted by Crippen LogP contribution is 2.15. The molecule has 0 saturated carbocycles. The highest BCUT2D eigenvalue weighted by molar-refractivity contribution is 7.99. The van der Waals surface area contributed by atoms with Gasteiger partial charge in [-0.3, -0.25) is 4.79 Å². The molecule has 0 bridgehead atoms. The number of rotatable bonds is 0. The molecule has 1 N–H and O–H groups in total. The molecule has 0 spiro atoms. The zero-order valence-electron chi connectivity index (χ0n) is 5.00. The van der Waals surface area contributed by atoms with Gasteiger partial charge in [-0.2, -0.15) is 4.68 Å². The molecule has 4 nitrogen and oxygen atoms in total. The van der Waals surface area contributed by atoms with E-state index in [0.717, 1.165) is 0 Å². The van der Waals surface area contributed by atoms with Gasteiger partial charge in [0.25, 0.3) is 5.56 Å². The normalized spacial score (nSPS) is 14.4. The Hall–Kier alpha value is -0.970. The Kier molecular flexibility index (Phi) is 1.17. The van der Waals surface area contributed by atoms with E-state index in [0.29, 0.717) is 11.0 Å². The molecule has 1 aromatic rings. The first kappa shape index (κ1) is 5.79. The van der Waals surface area contributed by atoms with E-state index in [1.165, 1.54) is 22.6 Å². The van der Waals surface area contributed by atoms with Gasteiger partial charge in [-0.1, -0.05) is 11.8 Å². The SMILES string of the molecule is O=c1[c]cnc2n1NCS2. The van der Waals surface area contributed by atoms with Crippen LogP contribution in [0.5, 0.6) is 0 Å². The number of nitrogens with one attached hydrogen (secondary N) is 1. The molecular formula is C5H4N3OS. The summed E-state index contributed by atoms with van der Waals surface area (Å²) in [4.78, 5) is 14.8. The number of hydrogen-bond donors (Lipinski definition) is 1. The Labute approximate surface area is 61.2 Å². The van der Waals surface area contributed by atoms with Crippen molar-refractivity contribution in [3.63, 3.8) is 0 Å². The molecule has 1 aliphatic heterocycles. The lowest BCUT2D eigenvalue weighted by Gasteiger charge is -1.96. The van der Waals surface area contributed by atoms with Crippen LogP contribution < -0.4 is 11.0 Å². The van der Waals surface area contributed by atoms with Gasteiger partial charge in [-0.15, -0.1) is 0 Å². The summed E-state index contributed by atoms with van der Waals surface area (Å²) in [6, 6.07) is 2.45. The van der Waals surface area contributed by atoms with Gasteiger partial charge in [-0.05, 0) is 0 Å². The summed E-state index contributed by atoms with van der Waals surface area (Å²) in [6.07, 6.45) is 1.40. The van der Waals surface area contributed by atoms with Crippen molar-refractivity contribution in [3.05, 3.63) is 22.6 Å². The van der Waals surface area contributed by atoms with Gasteiger partial charge in [0.15, 0.2) is 5.16 Å². The van der Waals surface area contributed by atoms with Crippen LogP contribution in [0.2, 0.25) is 0 Å². The Morgan fingerprint density at radius 1 is 1.90 bits per heavy atom. The number of hydrogen-bond acceptors (Lipinski definition) is 4. The highest BCUT2D eigenvalue weighted by Gasteiger charge is 2.10. The summed E-state index contributed by atoms with van der Waals surface area (Å²) in [6.45, 7) is 0. The molecule has 2 heterocycles. The number of nitrogens with zero attached hydrogens (tertiary/aromatic N) is 2. The third-order valence-corrected chi connectivity index (χ3v) is 2.00. The van der Waals surface area contributed by atoms with Crippen LogP contribution in [0.1, 0.15) is 0 Å². The van der Waals surface area contributed by atoms with E-state index in [1.54, 1.807) is 0 Å². The summed E-state index contributed by atoms with van der Waals surface area (Å²) in [5, 5.41) is 0.712. The third kappa shape index (κ3) is 0.706. The van der Waals surface area contributed by atoms with Crippen molar-refractivity contribution in [2.45, 2.75) is 5.16 Å². The Morgan fingerprint density at radius 3 is 3.60 bits per heavy atom. The second-order valence-corrected chi connectivity index (χ2v) is 2.71. The van der Waals surface area contributed by atoms with Crippen LogP contribution in [-0.4, -0.2) is 15.5 Å². The molecule has 0 aliphatic carbocycles. The first-order chi connectivity index (χ1) is 4.88. The van der Waals surface area contributed by atoms with Crippen molar-refractivity contribution in [1.29, 1.82) is 0 Å². The lowest BCUT2D eigenvalue weighted by atomic mass is 10.7. The summed E-state index contributed by atoms with van der Waals surface area (Å²) in [5.41, 5.74) is 2.67. The van der Waals surface area contributed by atoms with Gasteiger partial charge in [0, 0.05) is 6.20 Å². The van der Waals surface area contributed by atoms with Crippen LogP contribution in [0.15, 0.2) is 16.1 Å². The molecule has 0 aromatic carbocycles. The summed E-state index contributed by atoms with van der Waals surface area (Å²) in [5.74, 6) is 0.708. The van der Waals surface area contributed by atoms with Crippen molar-refractivity contribution >= 4 is 11.8 Å². The second kappa shape index (κ2) is 2.02. The number of fused-ring (bicyclic) bond motifs is 1. The van der Waals surface area contributed by atoms with Crippen molar-refractivity contribution in [3.8, 4) is 0 Å². The number of thioether (sulfide) groups is 1. The molecule has 0 atom stereocenters. The quantitative estimate of drug-likeness (QED) is 0.519. The minimum absolute atomic E-state index is 0.171. The lowest BCUT2D eigenvalue weighted by molar-refractivity contribution is 0.740. The van der Waals surface area contributed by atoms with Crippen LogP contribution in [0.4, 0.5) is 0 Å². The molecule has 51 valence electrons. The molecule has 1 radical (unpaired) electrons. The van der Waals surface area contributed by atoms with Crippen molar-refractivity contribution < 1.29 is 0 Å². The third-order valence-electron chi connectivity index (χ3n) is 1.18. The average Bonchev–Trinajstić information content (AvgIpc) is 2.36. The van der Waals surface area contributed by atoms with Gasteiger partial charge in [0.1, 0.15) is 0 Å². The predicted molar refractivity (Wildman–Crippen MR) is 37.4 cm³/mol.